The van der Waals surface area contributed by atoms with Crippen molar-refractivity contribution < 1.29 is 4.52 Å². The summed E-state index contributed by atoms with van der Waals surface area (Å²) >= 11 is 0. The van der Waals surface area contributed by atoms with Crippen molar-refractivity contribution in [1.82, 2.24) is 10.1 Å². The number of nitrogens with two attached hydrogens (primary N) is 1. The van der Waals surface area contributed by atoms with Crippen LogP contribution in [0.15, 0.2) is 65.2 Å². The second-order valence-corrected chi connectivity index (χ2v) is 6.64. The van der Waals surface area contributed by atoms with E-state index < -0.39 is 0 Å². The minimum absolute atomic E-state index is 0.172. The molecule has 0 aliphatic rings. The predicted octanol–water partition coefficient (Wildman–Crippen LogP) is 4.75. The largest absolute Gasteiger partial charge is 0.356 e. The molecule has 4 heteroatoms. The summed E-state index contributed by atoms with van der Waals surface area (Å²) in [5, 5.41) is 5.30. The molecule has 0 aliphatic carbocycles. The van der Waals surface area contributed by atoms with Crippen molar-refractivity contribution >= 4 is 11.0 Å². The van der Waals surface area contributed by atoms with Crippen molar-refractivity contribution in [3.05, 3.63) is 83.2 Å². The summed E-state index contributed by atoms with van der Waals surface area (Å²) < 4.78 is 5.49. The Kier molecular flexibility index (Phi) is 4.27. The molecule has 0 fully saturated rings. The maximum absolute atomic E-state index is 6.60. The Bertz CT molecular complexity index is 1070. The van der Waals surface area contributed by atoms with Crippen LogP contribution in [0.3, 0.4) is 0 Å². The molecule has 0 amide bonds. The van der Waals surface area contributed by atoms with Crippen molar-refractivity contribution in [2.45, 2.75) is 26.3 Å². The first-order valence-electron chi connectivity index (χ1n) is 8.76. The number of rotatable bonds is 4. The monoisotopic (exact) mass is 343 g/mol. The molecular formula is C22H21N3O. The lowest BCUT2D eigenvalue weighted by Crippen LogP contribution is -2.16. The Hall–Kier alpha value is -2.98. The Balaban J connectivity index is 1.75. The molecule has 0 bridgehead atoms. The number of hydrogen-bond donors (Lipinski definition) is 1. The minimum Gasteiger partial charge on any atom is -0.356 e. The highest BCUT2D eigenvalue weighted by atomic mass is 16.5. The zero-order valence-electron chi connectivity index (χ0n) is 14.9. The number of hydrogen-bond acceptors (Lipinski definition) is 4. The van der Waals surface area contributed by atoms with Crippen LogP contribution in [0.5, 0.6) is 0 Å². The van der Waals surface area contributed by atoms with Crippen molar-refractivity contribution in [2.75, 3.05) is 0 Å². The van der Waals surface area contributed by atoms with Crippen LogP contribution in [-0.2, 0) is 6.42 Å². The Morgan fingerprint density at radius 2 is 1.73 bits per heavy atom. The number of pyridine rings is 1. The van der Waals surface area contributed by atoms with Gasteiger partial charge < -0.3 is 10.3 Å². The molecule has 2 aromatic heterocycles. The summed E-state index contributed by atoms with van der Waals surface area (Å²) in [6, 6.07) is 20.0. The van der Waals surface area contributed by atoms with Crippen LogP contribution in [0.1, 0.15) is 28.6 Å². The highest BCUT2D eigenvalue weighted by Crippen LogP contribution is 2.33. The van der Waals surface area contributed by atoms with Crippen LogP contribution in [-0.4, -0.2) is 10.1 Å². The molecule has 4 aromatic rings. The molecule has 0 aliphatic heterocycles. The number of fused-ring (bicyclic) bond motifs is 1. The molecule has 4 nitrogen and oxygen atoms in total. The molecule has 2 heterocycles. The van der Waals surface area contributed by atoms with Crippen molar-refractivity contribution in [1.29, 1.82) is 0 Å². The number of benzene rings is 2. The van der Waals surface area contributed by atoms with E-state index in [0.29, 0.717) is 6.42 Å². The van der Waals surface area contributed by atoms with Gasteiger partial charge >= 0.3 is 0 Å². The zero-order chi connectivity index (χ0) is 18.1. The second kappa shape index (κ2) is 6.73. The highest BCUT2D eigenvalue weighted by molar-refractivity contribution is 5.92. The molecule has 0 spiro atoms. The number of aromatic nitrogens is 2. The molecule has 4 rings (SSSR count). The number of aryl methyl sites for hydroxylation is 2. The van der Waals surface area contributed by atoms with E-state index in [2.05, 4.69) is 35.3 Å². The fraction of sp³-hybridized carbons (Fsp3) is 0.182. The summed E-state index contributed by atoms with van der Waals surface area (Å²) in [6.45, 7) is 4.08. The Labute approximate surface area is 152 Å². The predicted molar refractivity (Wildman–Crippen MR) is 104 cm³/mol. The van der Waals surface area contributed by atoms with Gasteiger partial charge in [0.15, 0.2) is 5.58 Å². The van der Waals surface area contributed by atoms with Crippen LogP contribution < -0.4 is 5.73 Å². The summed E-state index contributed by atoms with van der Waals surface area (Å²) in [4.78, 5) is 4.67. The van der Waals surface area contributed by atoms with E-state index in [4.69, 9.17) is 10.3 Å². The third kappa shape index (κ3) is 3.00. The van der Waals surface area contributed by atoms with E-state index in [-0.39, 0.29) is 6.04 Å². The summed E-state index contributed by atoms with van der Waals surface area (Å²) in [6.07, 6.45) is 0.681. The Morgan fingerprint density at radius 3 is 2.62 bits per heavy atom. The maximum Gasteiger partial charge on any atom is 0.167 e. The average Bonchev–Trinajstić information content (AvgIpc) is 3.08. The van der Waals surface area contributed by atoms with E-state index in [1.165, 1.54) is 0 Å². The third-order valence-electron chi connectivity index (χ3n) is 4.75. The average molecular weight is 343 g/mol. The lowest BCUT2D eigenvalue weighted by atomic mass is 9.93. The van der Waals surface area contributed by atoms with Gasteiger partial charge in [-0.3, -0.25) is 4.98 Å². The van der Waals surface area contributed by atoms with Crippen molar-refractivity contribution in [3.63, 3.8) is 0 Å². The minimum atomic E-state index is -0.172. The normalized spacial score (nSPS) is 12.4. The van der Waals surface area contributed by atoms with E-state index >= 15 is 0 Å². The lowest BCUT2D eigenvalue weighted by molar-refractivity contribution is 0.459. The molecular weight excluding hydrogens is 322 g/mol. The molecule has 2 aromatic carbocycles. The molecule has 0 saturated carbocycles. The van der Waals surface area contributed by atoms with Gasteiger partial charge in [0.1, 0.15) is 5.69 Å². The number of para-hydroxylation sites is 1. The molecule has 2 N–H and O–H groups in total. The molecule has 1 atom stereocenters. The van der Waals surface area contributed by atoms with Gasteiger partial charge in [-0.1, -0.05) is 47.6 Å². The van der Waals surface area contributed by atoms with Gasteiger partial charge in [-0.05, 0) is 43.2 Å². The molecule has 0 saturated heterocycles. The van der Waals surface area contributed by atoms with Gasteiger partial charge in [0.25, 0.3) is 0 Å². The van der Waals surface area contributed by atoms with Crippen LogP contribution in [0.4, 0.5) is 0 Å². The zero-order valence-corrected chi connectivity index (χ0v) is 14.9. The fourth-order valence-corrected chi connectivity index (χ4v) is 3.32. The van der Waals surface area contributed by atoms with Crippen molar-refractivity contribution in [3.8, 4) is 11.3 Å². The van der Waals surface area contributed by atoms with E-state index in [0.717, 1.165) is 44.7 Å². The van der Waals surface area contributed by atoms with E-state index in [1.807, 2.05) is 49.4 Å². The maximum atomic E-state index is 6.60. The summed E-state index contributed by atoms with van der Waals surface area (Å²) in [5.74, 6) is 0. The van der Waals surface area contributed by atoms with Crippen LogP contribution in [0.25, 0.3) is 22.2 Å². The highest BCUT2D eigenvalue weighted by Gasteiger charge is 2.18. The molecule has 0 unspecified atom stereocenters. The topological polar surface area (TPSA) is 64.9 Å². The van der Waals surface area contributed by atoms with Gasteiger partial charge in [-0.2, -0.15) is 0 Å². The standard InChI is InChI=1S/C22H21N3O/c1-14-11-12-15(2)24-20(14)13-19(23)16-7-3-4-8-17(16)22-18-9-5-6-10-21(18)26-25-22/h3-12,19H,13,23H2,1-2H3/t19-/m0/s1. The van der Waals surface area contributed by atoms with Crippen LogP contribution in [0.2, 0.25) is 0 Å². The smallest absolute Gasteiger partial charge is 0.167 e. The lowest BCUT2D eigenvalue weighted by Gasteiger charge is -2.16. The molecule has 26 heavy (non-hydrogen) atoms. The Morgan fingerprint density at radius 1 is 0.962 bits per heavy atom. The quantitative estimate of drug-likeness (QED) is 0.581. The molecule has 0 radical (unpaired) electrons. The summed E-state index contributed by atoms with van der Waals surface area (Å²) in [5.41, 5.74) is 13.5. The first-order chi connectivity index (χ1) is 12.6. The fourth-order valence-electron chi connectivity index (χ4n) is 3.32. The first kappa shape index (κ1) is 16.5. The van der Waals surface area contributed by atoms with Gasteiger partial charge in [-0.25, -0.2) is 0 Å². The van der Waals surface area contributed by atoms with E-state index in [9.17, 15) is 0 Å². The van der Waals surface area contributed by atoms with Gasteiger partial charge in [0.05, 0.1) is 0 Å². The van der Waals surface area contributed by atoms with Crippen LogP contribution in [0, 0.1) is 13.8 Å². The van der Waals surface area contributed by atoms with Gasteiger partial charge in [0.2, 0.25) is 0 Å². The number of nitrogens with zero attached hydrogens (tertiary/aromatic N) is 2. The van der Waals surface area contributed by atoms with Crippen molar-refractivity contribution in [2.24, 2.45) is 5.73 Å². The van der Waals surface area contributed by atoms with E-state index in [1.54, 1.807) is 0 Å². The molecule has 130 valence electrons. The third-order valence-corrected chi connectivity index (χ3v) is 4.75. The second-order valence-electron chi connectivity index (χ2n) is 6.64. The SMILES string of the molecule is Cc1ccc(C)c(C[C@H](N)c2ccccc2-c2noc3ccccc23)n1. The first-order valence-corrected chi connectivity index (χ1v) is 8.76. The van der Waals surface area contributed by atoms with Gasteiger partial charge in [0, 0.05) is 34.8 Å². The van der Waals surface area contributed by atoms with Crippen LogP contribution >= 0.6 is 0 Å². The summed E-state index contributed by atoms with van der Waals surface area (Å²) in [7, 11) is 0. The van der Waals surface area contributed by atoms with Gasteiger partial charge in [-0.15, -0.1) is 0 Å².